The minimum absolute atomic E-state index is 0.0170. The van der Waals surface area contributed by atoms with Crippen LogP contribution in [0, 0.1) is 0 Å². The molecule has 0 saturated heterocycles. The van der Waals surface area contributed by atoms with Crippen LogP contribution in [0.15, 0.2) is 53.0 Å². The molecule has 0 bridgehead atoms. The maximum atomic E-state index is 12.3. The number of carbonyl (C=O) groups excluding carboxylic acids is 1. The molecule has 1 amide bonds. The highest BCUT2D eigenvalue weighted by Crippen LogP contribution is 2.35. The highest BCUT2D eigenvalue weighted by atomic mass is 79.9. The van der Waals surface area contributed by atoms with Crippen LogP contribution in [-0.4, -0.2) is 37.6 Å². The number of likely N-dealkylation sites (N-methyl/N-ethyl adjacent to an activating group) is 1. The number of hydrogen-bond acceptors (Lipinski definition) is 3. The van der Waals surface area contributed by atoms with Crippen LogP contribution >= 0.6 is 15.9 Å². The molecule has 1 atom stereocenters. The van der Waals surface area contributed by atoms with Gasteiger partial charge < -0.3 is 14.5 Å². The monoisotopic (exact) mass is 374 g/mol. The van der Waals surface area contributed by atoms with Crippen LogP contribution in [0.4, 0.5) is 5.69 Å². The van der Waals surface area contributed by atoms with Crippen molar-refractivity contribution < 1.29 is 9.53 Å². The molecule has 4 nitrogen and oxygen atoms in total. The van der Waals surface area contributed by atoms with E-state index in [0.29, 0.717) is 6.54 Å². The molecule has 2 aromatic rings. The first-order valence-electron chi connectivity index (χ1n) is 7.51. The van der Waals surface area contributed by atoms with Gasteiger partial charge in [-0.05, 0) is 23.8 Å². The quantitative estimate of drug-likeness (QED) is 0.825. The van der Waals surface area contributed by atoms with Gasteiger partial charge in [-0.2, -0.15) is 0 Å². The molecule has 1 unspecified atom stereocenters. The summed E-state index contributed by atoms with van der Waals surface area (Å²) in [5.74, 6) is 0.739. The predicted octanol–water partition coefficient (Wildman–Crippen LogP) is 3.30. The second-order valence-corrected chi connectivity index (χ2v) is 6.63. The lowest BCUT2D eigenvalue weighted by atomic mass is 10.1. The predicted molar refractivity (Wildman–Crippen MR) is 94.7 cm³/mol. The third kappa shape index (κ3) is 3.34. The topological polar surface area (TPSA) is 32.8 Å². The van der Waals surface area contributed by atoms with E-state index < -0.39 is 6.10 Å². The molecule has 120 valence electrons. The van der Waals surface area contributed by atoms with Crippen molar-refractivity contribution in [3.05, 3.63) is 58.6 Å². The molecule has 3 rings (SSSR count). The molecule has 0 N–H and O–H groups in total. The van der Waals surface area contributed by atoms with Gasteiger partial charge in [0.1, 0.15) is 5.75 Å². The molecular weight excluding hydrogens is 356 g/mol. The van der Waals surface area contributed by atoms with E-state index in [4.69, 9.17) is 4.74 Å². The van der Waals surface area contributed by atoms with E-state index >= 15 is 0 Å². The van der Waals surface area contributed by atoms with Gasteiger partial charge in [-0.1, -0.05) is 46.3 Å². The van der Waals surface area contributed by atoms with Crippen LogP contribution in [0.3, 0.4) is 0 Å². The summed E-state index contributed by atoms with van der Waals surface area (Å²) in [7, 11) is 3.51. The number of hydrogen-bond donors (Lipinski definition) is 0. The van der Waals surface area contributed by atoms with E-state index in [1.54, 1.807) is 19.0 Å². The van der Waals surface area contributed by atoms with E-state index in [-0.39, 0.29) is 5.91 Å². The Bertz CT molecular complexity index is 718. The number of fused-ring (bicyclic) bond motifs is 1. The lowest BCUT2D eigenvalue weighted by Gasteiger charge is -2.36. The highest BCUT2D eigenvalue weighted by molar-refractivity contribution is 9.10. The SMILES string of the molecule is CN(C)C(=O)C1CN(Cc2ccccc2Br)c2ccccc2O1. The van der Waals surface area contributed by atoms with E-state index in [1.807, 2.05) is 42.5 Å². The third-order valence-electron chi connectivity index (χ3n) is 3.90. The lowest BCUT2D eigenvalue weighted by molar-refractivity contribution is -0.136. The summed E-state index contributed by atoms with van der Waals surface area (Å²) in [6, 6.07) is 16.0. The van der Waals surface area contributed by atoms with Crippen molar-refractivity contribution in [3.8, 4) is 5.75 Å². The Morgan fingerprint density at radius 3 is 2.65 bits per heavy atom. The van der Waals surface area contributed by atoms with Gasteiger partial charge in [0, 0.05) is 25.1 Å². The van der Waals surface area contributed by atoms with Gasteiger partial charge in [0.05, 0.1) is 12.2 Å². The smallest absolute Gasteiger partial charge is 0.265 e. The van der Waals surface area contributed by atoms with Crippen molar-refractivity contribution in [2.24, 2.45) is 0 Å². The molecule has 1 aliphatic rings. The van der Waals surface area contributed by atoms with E-state index in [0.717, 1.165) is 22.5 Å². The molecule has 1 aliphatic heterocycles. The summed E-state index contributed by atoms with van der Waals surface area (Å²) >= 11 is 3.60. The summed E-state index contributed by atoms with van der Waals surface area (Å²) in [5, 5.41) is 0. The van der Waals surface area contributed by atoms with Crippen molar-refractivity contribution in [3.63, 3.8) is 0 Å². The number of anilines is 1. The first-order valence-corrected chi connectivity index (χ1v) is 8.31. The number of carbonyl (C=O) groups is 1. The van der Waals surface area contributed by atoms with E-state index in [1.165, 1.54) is 5.56 Å². The van der Waals surface area contributed by atoms with Gasteiger partial charge in [-0.3, -0.25) is 4.79 Å². The normalized spacial score (nSPS) is 16.5. The van der Waals surface area contributed by atoms with Gasteiger partial charge in [0.2, 0.25) is 0 Å². The summed E-state index contributed by atoms with van der Waals surface area (Å²) < 4.78 is 6.98. The number of rotatable bonds is 3. The lowest BCUT2D eigenvalue weighted by Crippen LogP contribution is -2.48. The minimum atomic E-state index is -0.484. The van der Waals surface area contributed by atoms with E-state index in [9.17, 15) is 4.79 Å². The largest absolute Gasteiger partial charge is 0.477 e. The Morgan fingerprint density at radius 2 is 1.91 bits per heavy atom. The van der Waals surface area contributed by atoms with E-state index in [2.05, 4.69) is 26.9 Å². The highest BCUT2D eigenvalue weighted by Gasteiger charge is 2.31. The van der Waals surface area contributed by atoms with Crippen LogP contribution in [0.25, 0.3) is 0 Å². The average molecular weight is 375 g/mol. The van der Waals surface area contributed by atoms with Crippen molar-refractivity contribution in [1.82, 2.24) is 4.90 Å². The fourth-order valence-electron chi connectivity index (χ4n) is 2.71. The van der Waals surface area contributed by atoms with Crippen molar-refractivity contribution >= 4 is 27.5 Å². The molecule has 0 spiro atoms. The fraction of sp³-hybridized carbons (Fsp3) is 0.278. The van der Waals surface area contributed by atoms with Crippen LogP contribution in [-0.2, 0) is 11.3 Å². The Morgan fingerprint density at radius 1 is 1.22 bits per heavy atom. The van der Waals surface area contributed by atoms with Gasteiger partial charge in [-0.25, -0.2) is 0 Å². The summed E-state index contributed by atoms with van der Waals surface area (Å²) in [4.78, 5) is 16.1. The Kier molecular flexibility index (Phi) is 4.57. The standard InChI is InChI=1S/C18H19BrN2O2/c1-20(2)18(22)17-12-21(11-13-7-3-4-8-14(13)19)15-9-5-6-10-16(15)23-17/h3-10,17H,11-12H2,1-2H3. The van der Waals surface area contributed by atoms with Crippen LogP contribution < -0.4 is 9.64 Å². The van der Waals surface area contributed by atoms with Gasteiger partial charge >= 0.3 is 0 Å². The number of nitrogens with zero attached hydrogens (tertiary/aromatic N) is 2. The Labute approximate surface area is 144 Å². The Hall–Kier alpha value is -2.01. The zero-order valence-electron chi connectivity index (χ0n) is 13.2. The summed E-state index contributed by atoms with van der Waals surface area (Å²) in [6.07, 6.45) is -0.484. The molecule has 0 fully saturated rings. The van der Waals surface area contributed by atoms with Gasteiger partial charge in [-0.15, -0.1) is 0 Å². The molecule has 23 heavy (non-hydrogen) atoms. The molecule has 5 heteroatoms. The molecule has 0 radical (unpaired) electrons. The molecule has 2 aromatic carbocycles. The maximum absolute atomic E-state index is 12.3. The van der Waals surface area contributed by atoms with Gasteiger partial charge in [0.25, 0.3) is 5.91 Å². The number of benzene rings is 2. The zero-order chi connectivity index (χ0) is 16.4. The second-order valence-electron chi connectivity index (χ2n) is 5.78. The number of ether oxygens (including phenoxy) is 1. The minimum Gasteiger partial charge on any atom is -0.477 e. The average Bonchev–Trinajstić information content (AvgIpc) is 2.56. The fourth-order valence-corrected chi connectivity index (χ4v) is 3.12. The number of halogens is 1. The van der Waals surface area contributed by atoms with Gasteiger partial charge in [0.15, 0.2) is 6.10 Å². The van der Waals surface area contributed by atoms with Crippen molar-refractivity contribution in [2.45, 2.75) is 12.6 Å². The molecule has 0 aromatic heterocycles. The number of amides is 1. The van der Waals surface area contributed by atoms with Crippen molar-refractivity contribution in [1.29, 1.82) is 0 Å². The van der Waals surface area contributed by atoms with Crippen LogP contribution in [0.5, 0.6) is 5.75 Å². The first-order chi connectivity index (χ1) is 11.1. The second kappa shape index (κ2) is 6.62. The molecular formula is C18H19BrN2O2. The molecule has 1 heterocycles. The third-order valence-corrected chi connectivity index (χ3v) is 4.67. The van der Waals surface area contributed by atoms with Crippen molar-refractivity contribution in [2.75, 3.05) is 25.5 Å². The summed E-state index contributed by atoms with van der Waals surface area (Å²) in [6.45, 7) is 1.26. The first kappa shape index (κ1) is 15.9. The summed E-state index contributed by atoms with van der Waals surface area (Å²) in [5.41, 5.74) is 2.20. The number of para-hydroxylation sites is 2. The molecule has 0 aliphatic carbocycles. The Balaban J connectivity index is 1.91. The molecule has 0 saturated carbocycles. The maximum Gasteiger partial charge on any atom is 0.265 e. The zero-order valence-corrected chi connectivity index (χ0v) is 14.8. The van der Waals surface area contributed by atoms with Crippen LogP contribution in [0.1, 0.15) is 5.56 Å². The van der Waals surface area contributed by atoms with Crippen LogP contribution in [0.2, 0.25) is 0 Å².